The molecule has 1 unspecified atom stereocenters. The van der Waals surface area contributed by atoms with Gasteiger partial charge >= 0.3 is 0 Å². The summed E-state index contributed by atoms with van der Waals surface area (Å²) in [6.07, 6.45) is 13.5. The van der Waals surface area contributed by atoms with Crippen LogP contribution in [0.5, 0.6) is 5.75 Å². The first-order valence-electron chi connectivity index (χ1n) is 13.1. The van der Waals surface area contributed by atoms with Crippen LogP contribution >= 0.6 is 0 Å². The van der Waals surface area contributed by atoms with Gasteiger partial charge in [0.2, 0.25) is 0 Å². The zero-order valence-electron chi connectivity index (χ0n) is 20.1. The number of morpholine rings is 1. The summed E-state index contributed by atoms with van der Waals surface area (Å²) in [5.74, 6) is 1.46. The van der Waals surface area contributed by atoms with Gasteiger partial charge in [-0.3, -0.25) is 9.80 Å². The summed E-state index contributed by atoms with van der Waals surface area (Å²) < 4.78 is 11.7. The van der Waals surface area contributed by atoms with E-state index in [-0.39, 0.29) is 0 Å². The molecular weight excluding hydrogens is 420 g/mol. The molecule has 6 rings (SSSR count). The highest BCUT2D eigenvalue weighted by atomic mass is 16.5. The number of fused-ring (bicyclic) bond motifs is 4. The fourth-order valence-electron chi connectivity index (χ4n) is 6.17. The summed E-state index contributed by atoms with van der Waals surface area (Å²) in [6, 6.07) is 14.6. The smallest absolute Gasteiger partial charge is 0.119 e. The molecule has 4 heteroatoms. The number of allylic oxidation sites excluding steroid dienone is 3. The van der Waals surface area contributed by atoms with Crippen molar-refractivity contribution in [3.63, 3.8) is 0 Å². The second-order valence-corrected chi connectivity index (χ2v) is 10.1. The Hall–Kier alpha value is -2.40. The van der Waals surface area contributed by atoms with Crippen LogP contribution in [-0.4, -0.2) is 62.3 Å². The standard InChI is InChI=1S/C30H36N2O2/c1-2-6-23-9-10-25(20-24(23)7-3-1)29-22-32-14-4-8-30(32)28-21-26(11-12-27(28)29)34-17-5-13-31-15-18-33-19-16-31/h1-3,7,9-12,20-21,29-30H,4-6,8,13-19,22H2/t29?,30-/m0/s1. The van der Waals surface area contributed by atoms with Crippen LogP contribution in [0.15, 0.2) is 54.6 Å². The Bertz CT molecular complexity index is 1070. The number of ether oxygens (including phenoxy) is 2. The van der Waals surface area contributed by atoms with E-state index in [4.69, 9.17) is 9.47 Å². The van der Waals surface area contributed by atoms with E-state index in [1.54, 1.807) is 0 Å². The van der Waals surface area contributed by atoms with Crippen LogP contribution in [0.1, 0.15) is 59.0 Å². The molecule has 2 atom stereocenters. The van der Waals surface area contributed by atoms with E-state index in [2.05, 4.69) is 70.5 Å². The summed E-state index contributed by atoms with van der Waals surface area (Å²) in [6.45, 7) is 8.02. The van der Waals surface area contributed by atoms with Gasteiger partial charge in [0.15, 0.2) is 0 Å². The molecule has 2 fully saturated rings. The van der Waals surface area contributed by atoms with Gasteiger partial charge in [0, 0.05) is 38.1 Å². The zero-order chi connectivity index (χ0) is 22.7. The predicted molar refractivity (Wildman–Crippen MR) is 138 cm³/mol. The number of benzene rings is 2. The molecule has 178 valence electrons. The number of rotatable bonds is 6. The minimum absolute atomic E-state index is 0.426. The van der Waals surface area contributed by atoms with Crippen molar-refractivity contribution in [3.8, 4) is 5.75 Å². The molecule has 0 saturated carbocycles. The van der Waals surface area contributed by atoms with Crippen molar-refractivity contribution < 1.29 is 9.47 Å². The van der Waals surface area contributed by atoms with Crippen molar-refractivity contribution in [1.29, 1.82) is 0 Å². The summed E-state index contributed by atoms with van der Waals surface area (Å²) in [5, 5.41) is 0. The second kappa shape index (κ2) is 10.1. The van der Waals surface area contributed by atoms with Crippen LogP contribution in [0.3, 0.4) is 0 Å². The molecule has 34 heavy (non-hydrogen) atoms. The van der Waals surface area contributed by atoms with Gasteiger partial charge in [-0.15, -0.1) is 0 Å². The van der Waals surface area contributed by atoms with E-state index in [1.165, 1.54) is 47.2 Å². The fraction of sp³-hybridized carbons (Fsp3) is 0.467. The third-order valence-corrected chi connectivity index (χ3v) is 8.00. The van der Waals surface area contributed by atoms with Gasteiger partial charge in [-0.1, -0.05) is 48.6 Å². The lowest BCUT2D eigenvalue weighted by Gasteiger charge is -2.38. The fourth-order valence-corrected chi connectivity index (χ4v) is 6.17. The molecular formula is C30H36N2O2. The second-order valence-electron chi connectivity index (χ2n) is 10.1. The quantitative estimate of drug-likeness (QED) is 0.558. The summed E-state index contributed by atoms with van der Waals surface area (Å²) in [4.78, 5) is 5.19. The molecule has 0 bridgehead atoms. The Balaban J connectivity index is 1.20. The van der Waals surface area contributed by atoms with Crippen molar-refractivity contribution in [2.24, 2.45) is 0 Å². The minimum Gasteiger partial charge on any atom is -0.494 e. The molecule has 2 aromatic carbocycles. The molecule has 0 aromatic heterocycles. The molecule has 3 aliphatic heterocycles. The molecule has 0 radical (unpaired) electrons. The van der Waals surface area contributed by atoms with Gasteiger partial charge < -0.3 is 9.47 Å². The topological polar surface area (TPSA) is 24.9 Å². The van der Waals surface area contributed by atoms with Crippen molar-refractivity contribution >= 4 is 6.08 Å². The van der Waals surface area contributed by atoms with Crippen LogP contribution in [0.4, 0.5) is 0 Å². The maximum Gasteiger partial charge on any atom is 0.119 e. The third kappa shape index (κ3) is 4.59. The Labute approximate surface area is 203 Å². The zero-order valence-corrected chi connectivity index (χ0v) is 20.1. The first kappa shape index (κ1) is 22.1. The van der Waals surface area contributed by atoms with E-state index < -0.39 is 0 Å². The van der Waals surface area contributed by atoms with Gasteiger partial charge in [-0.05, 0) is 72.2 Å². The Morgan fingerprint density at radius 3 is 2.85 bits per heavy atom. The average molecular weight is 457 g/mol. The number of hydrogen-bond acceptors (Lipinski definition) is 4. The lowest BCUT2D eigenvalue weighted by Crippen LogP contribution is -2.37. The van der Waals surface area contributed by atoms with Gasteiger partial charge in [0.05, 0.1) is 19.8 Å². The molecule has 2 saturated heterocycles. The first-order valence-corrected chi connectivity index (χ1v) is 13.1. The van der Waals surface area contributed by atoms with E-state index in [0.717, 1.165) is 64.6 Å². The molecule has 0 N–H and O–H groups in total. The monoisotopic (exact) mass is 456 g/mol. The summed E-state index contributed by atoms with van der Waals surface area (Å²) >= 11 is 0. The highest BCUT2D eigenvalue weighted by Crippen LogP contribution is 2.45. The highest BCUT2D eigenvalue weighted by Gasteiger charge is 2.36. The molecule has 0 amide bonds. The van der Waals surface area contributed by atoms with Crippen molar-refractivity contribution in [1.82, 2.24) is 9.80 Å². The van der Waals surface area contributed by atoms with Crippen LogP contribution in [0.2, 0.25) is 0 Å². The Kier molecular flexibility index (Phi) is 6.54. The first-order chi connectivity index (χ1) is 16.8. The number of hydrogen-bond donors (Lipinski definition) is 0. The van der Waals surface area contributed by atoms with Gasteiger partial charge in [-0.2, -0.15) is 0 Å². The average Bonchev–Trinajstić information content (AvgIpc) is 3.24. The highest BCUT2D eigenvalue weighted by molar-refractivity contribution is 5.60. The number of nitrogens with zero attached hydrogens (tertiary/aromatic N) is 2. The minimum atomic E-state index is 0.426. The predicted octanol–water partition coefficient (Wildman–Crippen LogP) is 5.20. The summed E-state index contributed by atoms with van der Waals surface area (Å²) in [7, 11) is 0. The van der Waals surface area contributed by atoms with Crippen molar-refractivity contribution in [2.75, 3.05) is 52.5 Å². The molecule has 4 aliphatic rings. The SMILES string of the molecule is C1=CCc2ccc(C3CN4CCC[C@H]4c4cc(OCCCN5CCOCC5)ccc43)cc2C=C1. The Morgan fingerprint density at radius 2 is 1.91 bits per heavy atom. The van der Waals surface area contributed by atoms with Crippen molar-refractivity contribution in [3.05, 3.63) is 82.4 Å². The van der Waals surface area contributed by atoms with Crippen LogP contribution in [-0.2, 0) is 11.2 Å². The van der Waals surface area contributed by atoms with Crippen molar-refractivity contribution in [2.45, 2.75) is 37.6 Å². The third-order valence-electron chi connectivity index (χ3n) is 8.00. The maximum atomic E-state index is 6.25. The van der Waals surface area contributed by atoms with Gasteiger partial charge in [0.1, 0.15) is 5.75 Å². The van der Waals surface area contributed by atoms with Crippen LogP contribution in [0, 0.1) is 0 Å². The lowest BCUT2D eigenvalue weighted by molar-refractivity contribution is 0.0358. The van der Waals surface area contributed by atoms with Gasteiger partial charge in [0.25, 0.3) is 0 Å². The Morgan fingerprint density at radius 1 is 0.971 bits per heavy atom. The van der Waals surface area contributed by atoms with E-state index in [1.807, 2.05) is 0 Å². The van der Waals surface area contributed by atoms with Crippen LogP contribution < -0.4 is 4.74 Å². The van der Waals surface area contributed by atoms with E-state index in [9.17, 15) is 0 Å². The lowest BCUT2D eigenvalue weighted by atomic mass is 9.80. The van der Waals surface area contributed by atoms with Crippen LogP contribution in [0.25, 0.3) is 6.08 Å². The maximum absolute atomic E-state index is 6.25. The van der Waals surface area contributed by atoms with Gasteiger partial charge in [-0.25, -0.2) is 0 Å². The molecule has 0 spiro atoms. The molecule has 4 nitrogen and oxygen atoms in total. The largest absolute Gasteiger partial charge is 0.494 e. The molecule has 3 heterocycles. The summed E-state index contributed by atoms with van der Waals surface area (Å²) in [5.41, 5.74) is 7.22. The molecule has 1 aliphatic carbocycles. The normalized spacial score (nSPS) is 24.4. The molecule has 2 aromatic rings. The van der Waals surface area contributed by atoms with E-state index >= 15 is 0 Å². The van der Waals surface area contributed by atoms with E-state index in [0.29, 0.717) is 12.0 Å².